The average molecular weight is 296 g/mol. The summed E-state index contributed by atoms with van der Waals surface area (Å²) in [6, 6.07) is 0. The van der Waals surface area contributed by atoms with Crippen LogP contribution in [-0.4, -0.2) is 16.5 Å². The van der Waals surface area contributed by atoms with Gasteiger partial charge in [0.2, 0.25) is 0 Å². The fraction of sp³-hybridized carbons (Fsp3) is 0.900. The van der Waals surface area contributed by atoms with Crippen molar-refractivity contribution < 1.29 is 9.53 Å². The average Bonchev–Trinajstić information content (AvgIpc) is 2.09. The van der Waals surface area contributed by atoms with Crippen molar-refractivity contribution in [3.05, 3.63) is 0 Å². The summed E-state index contributed by atoms with van der Waals surface area (Å²) in [6.07, 6.45) is 3.41. The fourth-order valence-electron chi connectivity index (χ4n) is 1.85. The molecule has 3 atom stereocenters. The number of rotatable bonds is 2. The third-order valence-corrected chi connectivity index (χ3v) is 3.85. The Morgan fingerprint density at radius 1 is 1.54 bits per heavy atom. The Balaban J connectivity index is 2.50. The first-order valence-electron chi connectivity index (χ1n) is 4.95. The van der Waals surface area contributed by atoms with Gasteiger partial charge in [-0.3, -0.25) is 4.79 Å². The van der Waals surface area contributed by atoms with Crippen molar-refractivity contribution in [1.29, 1.82) is 0 Å². The van der Waals surface area contributed by atoms with Gasteiger partial charge in [0, 0.05) is 3.92 Å². The lowest BCUT2D eigenvalue weighted by atomic mass is 9.80. The molecule has 0 aromatic carbocycles. The van der Waals surface area contributed by atoms with E-state index >= 15 is 0 Å². The van der Waals surface area contributed by atoms with Crippen LogP contribution in [0.1, 0.15) is 33.1 Å². The van der Waals surface area contributed by atoms with Crippen molar-refractivity contribution in [3.63, 3.8) is 0 Å². The Morgan fingerprint density at radius 2 is 2.23 bits per heavy atom. The highest BCUT2D eigenvalue weighted by atomic mass is 127. The first-order valence-corrected chi connectivity index (χ1v) is 6.20. The van der Waals surface area contributed by atoms with Crippen molar-refractivity contribution in [2.75, 3.05) is 6.61 Å². The minimum Gasteiger partial charge on any atom is -0.466 e. The summed E-state index contributed by atoms with van der Waals surface area (Å²) in [5.41, 5.74) is 0. The van der Waals surface area contributed by atoms with Gasteiger partial charge in [0.1, 0.15) is 0 Å². The number of hydrogen-bond donors (Lipinski definition) is 0. The molecule has 13 heavy (non-hydrogen) atoms. The van der Waals surface area contributed by atoms with Gasteiger partial charge < -0.3 is 4.74 Å². The summed E-state index contributed by atoms with van der Waals surface area (Å²) < 4.78 is 5.71. The van der Waals surface area contributed by atoms with Crippen LogP contribution in [0.3, 0.4) is 0 Å². The molecular formula is C10H17IO2. The Morgan fingerprint density at radius 3 is 2.85 bits per heavy atom. The van der Waals surface area contributed by atoms with Gasteiger partial charge in [0.25, 0.3) is 0 Å². The lowest BCUT2D eigenvalue weighted by Gasteiger charge is -2.29. The normalized spacial score (nSPS) is 34.2. The summed E-state index contributed by atoms with van der Waals surface area (Å²) in [7, 11) is 0. The van der Waals surface area contributed by atoms with E-state index in [0.717, 1.165) is 12.8 Å². The molecule has 0 spiro atoms. The fourth-order valence-corrected chi connectivity index (χ4v) is 2.76. The molecule has 76 valence electrons. The first kappa shape index (κ1) is 11.3. The van der Waals surface area contributed by atoms with Crippen molar-refractivity contribution >= 4 is 28.6 Å². The zero-order valence-corrected chi connectivity index (χ0v) is 10.4. The van der Waals surface area contributed by atoms with E-state index in [4.69, 9.17) is 4.74 Å². The smallest absolute Gasteiger partial charge is 0.309 e. The van der Waals surface area contributed by atoms with Crippen molar-refractivity contribution in [2.24, 2.45) is 11.8 Å². The van der Waals surface area contributed by atoms with Crippen molar-refractivity contribution in [3.8, 4) is 0 Å². The van der Waals surface area contributed by atoms with E-state index in [1.165, 1.54) is 6.42 Å². The highest BCUT2D eigenvalue weighted by molar-refractivity contribution is 14.1. The second kappa shape index (κ2) is 5.17. The predicted molar refractivity (Wildman–Crippen MR) is 60.9 cm³/mol. The third-order valence-electron chi connectivity index (χ3n) is 2.72. The molecule has 1 aliphatic rings. The van der Waals surface area contributed by atoms with Crippen LogP contribution in [0.2, 0.25) is 0 Å². The number of hydrogen-bond acceptors (Lipinski definition) is 2. The molecular weight excluding hydrogens is 279 g/mol. The summed E-state index contributed by atoms with van der Waals surface area (Å²) in [5.74, 6) is 0.664. The molecule has 1 rings (SSSR count). The largest absolute Gasteiger partial charge is 0.466 e. The standard InChI is InChI=1S/C10H17IO2/c1-3-13-10(12)9-6-8(11)5-4-7(9)2/h7-9H,3-6H2,1-2H3/t7-,8?,9-/m1/s1. The van der Waals surface area contributed by atoms with Gasteiger partial charge in [0.15, 0.2) is 0 Å². The summed E-state index contributed by atoms with van der Waals surface area (Å²) in [5, 5.41) is 0. The zero-order valence-electron chi connectivity index (χ0n) is 8.25. The van der Waals surface area contributed by atoms with Gasteiger partial charge in [-0.2, -0.15) is 0 Å². The van der Waals surface area contributed by atoms with Crippen LogP contribution >= 0.6 is 22.6 Å². The Hall–Kier alpha value is 0.200. The molecule has 0 heterocycles. The van der Waals surface area contributed by atoms with Gasteiger partial charge in [-0.1, -0.05) is 29.5 Å². The third kappa shape index (κ3) is 3.11. The van der Waals surface area contributed by atoms with Crippen LogP contribution in [0.4, 0.5) is 0 Å². The molecule has 0 bridgehead atoms. The predicted octanol–water partition coefficient (Wildman–Crippen LogP) is 2.79. The summed E-state index contributed by atoms with van der Waals surface area (Å²) in [6.45, 7) is 4.53. The second-order valence-electron chi connectivity index (χ2n) is 3.75. The van der Waals surface area contributed by atoms with Crippen LogP contribution in [0.25, 0.3) is 0 Å². The van der Waals surface area contributed by atoms with Crippen LogP contribution in [0.5, 0.6) is 0 Å². The number of carbonyl (C=O) groups excluding carboxylic acids is 1. The molecule has 1 fully saturated rings. The molecule has 0 aromatic heterocycles. The van der Waals surface area contributed by atoms with Crippen LogP contribution in [-0.2, 0) is 9.53 Å². The van der Waals surface area contributed by atoms with E-state index in [1.807, 2.05) is 6.92 Å². The number of esters is 1. The maximum Gasteiger partial charge on any atom is 0.309 e. The Bertz CT molecular complexity index is 182. The highest BCUT2D eigenvalue weighted by Gasteiger charge is 2.32. The molecule has 0 amide bonds. The molecule has 1 unspecified atom stereocenters. The molecule has 1 aliphatic carbocycles. The quantitative estimate of drug-likeness (QED) is 0.445. The van der Waals surface area contributed by atoms with E-state index < -0.39 is 0 Å². The zero-order chi connectivity index (χ0) is 9.84. The Kier molecular flexibility index (Phi) is 4.49. The minimum absolute atomic E-state index is 0.0105. The number of halogens is 1. The number of alkyl halides is 1. The van der Waals surface area contributed by atoms with E-state index in [9.17, 15) is 4.79 Å². The van der Waals surface area contributed by atoms with Gasteiger partial charge in [-0.15, -0.1) is 0 Å². The topological polar surface area (TPSA) is 26.3 Å². The summed E-state index contributed by atoms with van der Waals surface area (Å²) >= 11 is 2.44. The second-order valence-corrected chi connectivity index (χ2v) is 5.51. The van der Waals surface area contributed by atoms with Crippen molar-refractivity contribution in [1.82, 2.24) is 0 Å². The Labute approximate surface area is 93.6 Å². The van der Waals surface area contributed by atoms with Gasteiger partial charge >= 0.3 is 5.97 Å². The molecule has 1 saturated carbocycles. The van der Waals surface area contributed by atoms with Gasteiger partial charge in [-0.05, 0) is 32.1 Å². The van der Waals surface area contributed by atoms with E-state index in [-0.39, 0.29) is 11.9 Å². The molecule has 0 N–H and O–H groups in total. The summed E-state index contributed by atoms with van der Waals surface area (Å²) in [4.78, 5) is 11.5. The molecule has 0 aromatic rings. The minimum atomic E-state index is 0.0105. The van der Waals surface area contributed by atoms with Crippen LogP contribution < -0.4 is 0 Å². The molecule has 0 saturated heterocycles. The molecule has 0 radical (unpaired) electrons. The maximum atomic E-state index is 11.5. The van der Waals surface area contributed by atoms with Gasteiger partial charge in [0.05, 0.1) is 12.5 Å². The highest BCUT2D eigenvalue weighted by Crippen LogP contribution is 2.34. The lowest BCUT2D eigenvalue weighted by Crippen LogP contribution is -2.31. The maximum absolute atomic E-state index is 11.5. The van der Waals surface area contributed by atoms with E-state index in [2.05, 4.69) is 29.5 Å². The number of ether oxygens (including phenoxy) is 1. The molecule has 3 heteroatoms. The first-order chi connectivity index (χ1) is 6.15. The lowest BCUT2D eigenvalue weighted by molar-refractivity contribution is -0.150. The van der Waals surface area contributed by atoms with E-state index in [0.29, 0.717) is 16.4 Å². The van der Waals surface area contributed by atoms with Crippen LogP contribution in [0, 0.1) is 11.8 Å². The monoisotopic (exact) mass is 296 g/mol. The molecule has 0 aliphatic heterocycles. The van der Waals surface area contributed by atoms with Gasteiger partial charge in [-0.25, -0.2) is 0 Å². The molecule has 2 nitrogen and oxygen atoms in total. The van der Waals surface area contributed by atoms with Crippen LogP contribution in [0.15, 0.2) is 0 Å². The van der Waals surface area contributed by atoms with E-state index in [1.54, 1.807) is 0 Å². The van der Waals surface area contributed by atoms with Crippen molar-refractivity contribution in [2.45, 2.75) is 37.0 Å². The number of carbonyl (C=O) groups is 1. The SMILES string of the molecule is CCOC(=O)[C@@H]1CC(I)CC[C@H]1C.